The molecule has 2 N–H and O–H groups in total. The molecule has 0 unspecified atom stereocenters. The molecule has 2 aliphatic rings. The zero-order chi connectivity index (χ0) is 19.3. The Kier molecular flexibility index (Phi) is 4.18. The summed E-state index contributed by atoms with van der Waals surface area (Å²) in [6.07, 6.45) is -1.69. The highest BCUT2D eigenvalue weighted by atomic mass is 35.5. The lowest BCUT2D eigenvalue weighted by atomic mass is 10.1. The topological polar surface area (TPSA) is 93.9 Å². The van der Waals surface area contributed by atoms with E-state index in [9.17, 15) is 5.11 Å². The Balaban J connectivity index is 1.42. The van der Waals surface area contributed by atoms with E-state index in [1.54, 1.807) is 30.3 Å². The predicted octanol–water partition coefficient (Wildman–Crippen LogP) is 2.73. The van der Waals surface area contributed by atoms with Gasteiger partial charge in [0.25, 0.3) is 6.01 Å². The second-order valence-corrected chi connectivity index (χ2v) is 7.12. The van der Waals surface area contributed by atoms with Crippen LogP contribution in [0.1, 0.15) is 0 Å². The number of aliphatic hydroxyl groups is 1. The van der Waals surface area contributed by atoms with E-state index in [-0.39, 0.29) is 24.9 Å². The zero-order valence-electron chi connectivity index (χ0n) is 14.5. The third-order valence-corrected chi connectivity index (χ3v) is 5.21. The van der Waals surface area contributed by atoms with E-state index < -0.39 is 6.10 Å². The number of nitrogens with one attached hydrogen (secondary N) is 1. The van der Waals surface area contributed by atoms with Crippen molar-refractivity contribution >= 4 is 28.5 Å². The number of aromatic nitrogens is 3. The maximum absolute atomic E-state index is 9.83. The van der Waals surface area contributed by atoms with Gasteiger partial charge in [-0.3, -0.25) is 0 Å². The van der Waals surface area contributed by atoms with Crippen molar-refractivity contribution in [1.82, 2.24) is 15.0 Å². The molecular weight excluding hydrogens is 384 g/mol. The number of fused-ring (bicyclic) bond motifs is 2. The number of ether oxygens (including phenoxy) is 3. The highest BCUT2D eigenvalue weighted by Gasteiger charge is 2.48. The lowest BCUT2D eigenvalue weighted by Crippen LogP contribution is -2.34. The van der Waals surface area contributed by atoms with Gasteiger partial charge in [0, 0.05) is 0 Å². The van der Waals surface area contributed by atoms with Crippen LogP contribution in [0.4, 0.5) is 5.69 Å². The largest absolute Gasteiger partial charge is 0.456 e. The predicted molar refractivity (Wildman–Crippen MR) is 100 cm³/mol. The van der Waals surface area contributed by atoms with E-state index >= 15 is 0 Å². The highest BCUT2D eigenvalue weighted by Crippen LogP contribution is 2.32. The van der Waals surface area contributed by atoms with Crippen molar-refractivity contribution in [3.8, 4) is 17.3 Å². The van der Waals surface area contributed by atoms with E-state index in [4.69, 9.17) is 32.4 Å². The first-order chi connectivity index (χ1) is 13.6. The first kappa shape index (κ1) is 17.4. The SMILES string of the molecule is [C-]#[N+]c1ccc(-c2nc3nc(O[C@@H]4CO[C@H]5[C@@H]4OC[C@H]5O)[nH]c3cc2Cl)cc1. The van der Waals surface area contributed by atoms with E-state index in [0.717, 1.165) is 5.56 Å². The van der Waals surface area contributed by atoms with Crippen LogP contribution in [0.15, 0.2) is 30.3 Å². The van der Waals surface area contributed by atoms with E-state index in [2.05, 4.69) is 19.8 Å². The lowest BCUT2D eigenvalue weighted by molar-refractivity contribution is 0.00706. The summed E-state index contributed by atoms with van der Waals surface area (Å²) in [5.74, 6) is 0. The first-order valence-corrected chi connectivity index (χ1v) is 9.12. The molecule has 2 saturated heterocycles. The van der Waals surface area contributed by atoms with Gasteiger partial charge in [-0.05, 0) is 11.6 Å². The molecule has 1 aromatic carbocycles. The number of pyridine rings is 1. The number of hydrogen-bond acceptors (Lipinski definition) is 6. The van der Waals surface area contributed by atoms with Crippen molar-refractivity contribution in [3.05, 3.63) is 46.8 Å². The van der Waals surface area contributed by atoms with Crippen LogP contribution in [-0.4, -0.2) is 57.7 Å². The number of imidazole rings is 1. The molecule has 0 spiro atoms. The fourth-order valence-electron chi connectivity index (χ4n) is 3.54. The van der Waals surface area contributed by atoms with Gasteiger partial charge in [-0.1, -0.05) is 35.9 Å². The minimum atomic E-state index is -0.633. The summed E-state index contributed by atoms with van der Waals surface area (Å²) in [5, 5.41) is 10.3. The van der Waals surface area contributed by atoms with Crippen LogP contribution in [0, 0.1) is 6.57 Å². The van der Waals surface area contributed by atoms with Gasteiger partial charge in [-0.2, -0.15) is 4.98 Å². The number of benzene rings is 1. The summed E-state index contributed by atoms with van der Waals surface area (Å²) in [4.78, 5) is 15.4. The van der Waals surface area contributed by atoms with Gasteiger partial charge in [0.2, 0.25) is 0 Å². The fraction of sp³-hybridized carbons (Fsp3) is 0.316. The summed E-state index contributed by atoms with van der Waals surface area (Å²) in [7, 11) is 0. The van der Waals surface area contributed by atoms with Crippen LogP contribution in [0.25, 0.3) is 27.3 Å². The Morgan fingerprint density at radius 3 is 2.75 bits per heavy atom. The smallest absolute Gasteiger partial charge is 0.296 e. The number of aliphatic hydroxyl groups excluding tert-OH is 1. The van der Waals surface area contributed by atoms with Crippen molar-refractivity contribution in [3.63, 3.8) is 0 Å². The van der Waals surface area contributed by atoms with Crippen LogP contribution in [-0.2, 0) is 9.47 Å². The van der Waals surface area contributed by atoms with E-state index in [1.165, 1.54) is 0 Å². The average molecular weight is 399 g/mol. The van der Waals surface area contributed by atoms with Crippen LogP contribution < -0.4 is 4.74 Å². The Morgan fingerprint density at radius 1 is 1.18 bits per heavy atom. The number of rotatable bonds is 3. The van der Waals surface area contributed by atoms with Crippen molar-refractivity contribution in [2.24, 2.45) is 0 Å². The molecule has 142 valence electrons. The summed E-state index contributed by atoms with van der Waals surface area (Å²) in [5.41, 5.74) is 3.03. The molecule has 0 amide bonds. The Hall–Kier alpha value is -2.70. The van der Waals surface area contributed by atoms with Gasteiger partial charge in [0.05, 0.1) is 36.0 Å². The average Bonchev–Trinajstić information content (AvgIpc) is 3.38. The van der Waals surface area contributed by atoms with Crippen molar-refractivity contribution in [1.29, 1.82) is 0 Å². The first-order valence-electron chi connectivity index (χ1n) is 8.74. The summed E-state index contributed by atoms with van der Waals surface area (Å²) in [6.45, 7) is 7.60. The molecule has 8 nitrogen and oxygen atoms in total. The third kappa shape index (κ3) is 2.89. The third-order valence-electron chi connectivity index (χ3n) is 4.92. The summed E-state index contributed by atoms with van der Waals surface area (Å²) in [6, 6.07) is 9.07. The van der Waals surface area contributed by atoms with Gasteiger partial charge in [-0.25, -0.2) is 9.83 Å². The second kappa shape index (κ2) is 6.72. The molecule has 0 saturated carbocycles. The molecule has 2 aliphatic heterocycles. The number of hydrogen-bond donors (Lipinski definition) is 2. The monoisotopic (exact) mass is 398 g/mol. The van der Waals surface area contributed by atoms with Crippen molar-refractivity contribution in [2.75, 3.05) is 13.2 Å². The maximum atomic E-state index is 9.83. The number of halogens is 1. The fourth-order valence-corrected chi connectivity index (χ4v) is 3.80. The number of H-pyrrole nitrogens is 1. The van der Waals surface area contributed by atoms with Gasteiger partial charge < -0.3 is 24.3 Å². The van der Waals surface area contributed by atoms with Gasteiger partial charge in [0.1, 0.15) is 18.3 Å². The Labute approximate surface area is 164 Å². The van der Waals surface area contributed by atoms with Crippen LogP contribution in [0.5, 0.6) is 6.01 Å². The van der Waals surface area contributed by atoms with Crippen LogP contribution >= 0.6 is 11.6 Å². The molecule has 2 fully saturated rings. The summed E-state index contributed by atoms with van der Waals surface area (Å²) >= 11 is 6.40. The highest BCUT2D eigenvalue weighted by molar-refractivity contribution is 6.33. The van der Waals surface area contributed by atoms with Crippen molar-refractivity contribution in [2.45, 2.75) is 24.4 Å². The molecule has 0 radical (unpaired) electrons. The number of aromatic amines is 1. The maximum Gasteiger partial charge on any atom is 0.296 e. The molecule has 4 atom stereocenters. The quantitative estimate of drug-likeness (QED) is 0.659. The summed E-state index contributed by atoms with van der Waals surface area (Å²) < 4.78 is 17.0. The second-order valence-electron chi connectivity index (χ2n) is 6.71. The minimum absolute atomic E-state index is 0.238. The molecule has 9 heteroatoms. The molecule has 5 rings (SSSR count). The Morgan fingerprint density at radius 2 is 1.96 bits per heavy atom. The molecule has 2 aromatic heterocycles. The molecule has 0 aliphatic carbocycles. The molecule has 4 heterocycles. The van der Waals surface area contributed by atoms with E-state index in [0.29, 0.717) is 40.2 Å². The van der Waals surface area contributed by atoms with Crippen LogP contribution in [0.2, 0.25) is 5.02 Å². The van der Waals surface area contributed by atoms with Gasteiger partial charge >= 0.3 is 0 Å². The molecule has 3 aromatic rings. The van der Waals surface area contributed by atoms with E-state index in [1.807, 2.05) is 0 Å². The normalized spacial score (nSPS) is 26.3. The van der Waals surface area contributed by atoms with Gasteiger partial charge in [-0.15, -0.1) is 0 Å². The number of nitrogens with zero attached hydrogens (tertiary/aromatic N) is 3. The van der Waals surface area contributed by atoms with Crippen LogP contribution in [0.3, 0.4) is 0 Å². The minimum Gasteiger partial charge on any atom is -0.456 e. The van der Waals surface area contributed by atoms with Gasteiger partial charge in [0.15, 0.2) is 17.4 Å². The standard InChI is InChI=1S/C19H15ClN4O4/c1-21-10-4-2-9(3-5-10)15-11(20)6-12-18(23-15)24-19(22-12)28-14-8-27-16-13(25)7-26-17(14)16/h2-6,13-14,16-17,25H,7-8H2,(H,22,23,24)/t13-,14-,16-,17-/m1/s1. The Bertz CT molecular complexity index is 1080. The molecular formula is C19H15ClN4O4. The lowest BCUT2D eigenvalue weighted by Gasteiger charge is -2.15. The molecule has 0 bridgehead atoms. The zero-order valence-corrected chi connectivity index (χ0v) is 15.3. The van der Waals surface area contributed by atoms with Crippen molar-refractivity contribution < 1.29 is 19.3 Å². The molecule has 28 heavy (non-hydrogen) atoms.